The standard InChI is InChI=1S/C19H30N6O2/c1-14(2)13-15(17-20-21-22-25(17)19(3,4)5)23-8-10-24(11-9-23)18(26)16-7-6-12-27-16/h6-7,12,14-15H,8-11,13H2,1-5H3. The van der Waals surface area contributed by atoms with E-state index in [0.717, 1.165) is 25.3 Å². The van der Waals surface area contributed by atoms with Crippen molar-refractivity contribution in [2.45, 2.75) is 52.6 Å². The van der Waals surface area contributed by atoms with Crippen molar-refractivity contribution in [3.8, 4) is 0 Å². The molecule has 0 N–H and O–H groups in total. The minimum atomic E-state index is -0.175. The van der Waals surface area contributed by atoms with Crippen molar-refractivity contribution in [3.63, 3.8) is 0 Å². The number of aromatic nitrogens is 4. The third-order valence-electron chi connectivity index (χ3n) is 4.90. The van der Waals surface area contributed by atoms with E-state index in [1.54, 1.807) is 12.1 Å². The van der Waals surface area contributed by atoms with Gasteiger partial charge in [-0.05, 0) is 55.7 Å². The molecule has 27 heavy (non-hydrogen) atoms. The van der Waals surface area contributed by atoms with Gasteiger partial charge in [0.05, 0.1) is 17.8 Å². The van der Waals surface area contributed by atoms with Gasteiger partial charge >= 0.3 is 0 Å². The zero-order chi connectivity index (χ0) is 19.6. The molecule has 0 saturated carbocycles. The molecule has 0 spiro atoms. The second kappa shape index (κ2) is 7.80. The van der Waals surface area contributed by atoms with E-state index in [1.165, 1.54) is 6.26 Å². The summed E-state index contributed by atoms with van der Waals surface area (Å²) in [6.45, 7) is 13.7. The Kier molecular flexibility index (Phi) is 5.64. The molecule has 8 nitrogen and oxygen atoms in total. The van der Waals surface area contributed by atoms with Gasteiger partial charge in [-0.2, -0.15) is 0 Å². The topological polar surface area (TPSA) is 80.3 Å². The first-order chi connectivity index (χ1) is 12.8. The molecule has 8 heteroatoms. The minimum absolute atomic E-state index is 0.0421. The summed E-state index contributed by atoms with van der Waals surface area (Å²) in [6.07, 6.45) is 2.51. The maximum atomic E-state index is 12.5. The lowest BCUT2D eigenvalue weighted by molar-refractivity contribution is 0.0494. The number of amides is 1. The van der Waals surface area contributed by atoms with Gasteiger partial charge < -0.3 is 9.32 Å². The van der Waals surface area contributed by atoms with Gasteiger partial charge in [-0.15, -0.1) is 5.10 Å². The molecule has 1 amide bonds. The fourth-order valence-electron chi connectivity index (χ4n) is 3.54. The summed E-state index contributed by atoms with van der Waals surface area (Å²) in [5.74, 6) is 1.78. The van der Waals surface area contributed by atoms with Crippen LogP contribution in [0.2, 0.25) is 0 Å². The predicted molar refractivity (Wildman–Crippen MR) is 101 cm³/mol. The van der Waals surface area contributed by atoms with E-state index in [-0.39, 0.29) is 17.5 Å². The molecule has 1 aliphatic heterocycles. The number of carbonyl (C=O) groups excluding carboxylic acids is 1. The number of hydrogen-bond acceptors (Lipinski definition) is 6. The molecular formula is C19H30N6O2. The Hall–Kier alpha value is -2.22. The van der Waals surface area contributed by atoms with Crippen molar-refractivity contribution < 1.29 is 9.21 Å². The van der Waals surface area contributed by atoms with Gasteiger partial charge in [-0.1, -0.05) is 13.8 Å². The monoisotopic (exact) mass is 374 g/mol. The van der Waals surface area contributed by atoms with Crippen LogP contribution in [0.3, 0.4) is 0 Å². The van der Waals surface area contributed by atoms with Crippen LogP contribution in [-0.2, 0) is 5.54 Å². The molecule has 1 unspecified atom stereocenters. The molecule has 1 atom stereocenters. The van der Waals surface area contributed by atoms with Crippen LogP contribution in [0.4, 0.5) is 0 Å². The second-order valence-corrected chi connectivity index (χ2v) is 8.57. The second-order valence-electron chi connectivity index (χ2n) is 8.57. The Bertz CT molecular complexity index is 739. The summed E-state index contributed by atoms with van der Waals surface area (Å²) in [5.41, 5.74) is -0.175. The van der Waals surface area contributed by atoms with Crippen molar-refractivity contribution in [3.05, 3.63) is 30.0 Å². The number of carbonyl (C=O) groups is 1. The van der Waals surface area contributed by atoms with Crippen LogP contribution in [-0.4, -0.2) is 62.1 Å². The van der Waals surface area contributed by atoms with Gasteiger partial charge in [0.15, 0.2) is 11.6 Å². The van der Waals surface area contributed by atoms with Crippen LogP contribution in [0.1, 0.15) is 63.5 Å². The van der Waals surface area contributed by atoms with Crippen molar-refractivity contribution in [1.29, 1.82) is 0 Å². The summed E-state index contributed by atoms with van der Waals surface area (Å²) >= 11 is 0. The summed E-state index contributed by atoms with van der Waals surface area (Å²) in [4.78, 5) is 16.8. The number of hydrogen-bond donors (Lipinski definition) is 0. The van der Waals surface area contributed by atoms with E-state index in [2.05, 4.69) is 55.0 Å². The number of tetrazole rings is 1. The van der Waals surface area contributed by atoms with E-state index in [1.807, 2.05) is 9.58 Å². The van der Waals surface area contributed by atoms with Crippen LogP contribution in [0.15, 0.2) is 22.8 Å². The summed E-state index contributed by atoms with van der Waals surface area (Å²) < 4.78 is 7.18. The van der Waals surface area contributed by atoms with Gasteiger partial charge in [0, 0.05) is 26.2 Å². The number of furan rings is 1. The molecule has 1 fully saturated rings. The van der Waals surface area contributed by atoms with Crippen LogP contribution in [0.5, 0.6) is 0 Å². The first kappa shape index (κ1) is 19.5. The third kappa shape index (κ3) is 4.37. The summed E-state index contributed by atoms with van der Waals surface area (Å²) in [6, 6.07) is 3.60. The highest BCUT2D eigenvalue weighted by atomic mass is 16.3. The van der Waals surface area contributed by atoms with Gasteiger partial charge in [0.25, 0.3) is 5.91 Å². The fraction of sp³-hybridized carbons (Fsp3) is 0.684. The van der Waals surface area contributed by atoms with Gasteiger partial charge in [-0.3, -0.25) is 9.69 Å². The maximum absolute atomic E-state index is 12.5. The minimum Gasteiger partial charge on any atom is -0.459 e. The summed E-state index contributed by atoms with van der Waals surface area (Å²) in [5, 5.41) is 12.6. The molecule has 2 aromatic heterocycles. The first-order valence-corrected chi connectivity index (χ1v) is 9.63. The van der Waals surface area contributed by atoms with E-state index >= 15 is 0 Å². The van der Waals surface area contributed by atoms with Crippen molar-refractivity contribution in [2.75, 3.05) is 26.2 Å². The predicted octanol–water partition coefficient (Wildman–Crippen LogP) is 2.57. The molecule has 0 bridgehead atoms. The lowest BCUT2D eigenvalue weighted by Gasteiger charge is -2.39. The average molecular weight is 374 g/mol. The Balaban J connectivity index is 1.74. The van der Waals surface area contributed by atoms with Crippen LogP contribution in [0.25, 0.3) is 0 Å². The smallest absolute Gasteiger partial charge is 0.289 e. The highest BCUT2D eigenvalue weighted by Gasteiger charge is 2.33. The molecule has 3 heterocycles. The van der Waals surface area contributed by atoms with Gasteiger partial charge in [-0.25, -0.2) is 4.68 Å². The van der Waals surface area contributed by atoms with E-state index in [4.69, 9.17) is 4.42 Å². The highest BCUT2D eigenvalue weighted by molar-refractivity contribution is 5.91. The van der Waals surface area contributed by atoms with Crippen LogP contribution in [0, 0.1) is 5.92 Å². The number of piperazine rings is 1. The lowest BCUT2D eigenvalue weighted by Crippen LogP contribution is -2.50. The molecule has 1 saturated heterocycles. The quantitative estimate of drug-likeness (QED) is 0.800. The van der Waals surface area contributed by atoms with E-state index in [0.29, 0.717) is 24.8 Å². The van der Waals surface area contributed by atoms with Crippen molar-refractivity contribution >= 4 is 5.91 Å². The fourth-order valence-corrected chi connectivity index (χ4v) is 3.54. The molecular weight excluding hydrogens is 344 g/mol. The average Bonchev–Trinajstić information content (AvgIpc) is 3.30. The highest BCUT2D eigenvalue weighted by Crippen LogP contribution is 2.29. The molecule has 2 aromatic rings. The maximum Gasteiger partial charge on any atom is 0.289 e. The molecule has 1 aliphatic rings. The third-order valence-corrected chi connectivity index (χ3v) is 4.90. The molecule has 0 aliphatic carbocycles. The Morgan fingerprint density at radius 3 is 2.48 bits per heavy atom. The largest absolute Gasteiger partial charge is 0.459 e. The van der Waals surface area contributed by atoms with Gasteiger partial charge in [0.2, 0.25) is 0 Å². The van der Waals surface area contributed by atoms with Crippen molar-refractivity contribution in [1.82, 2.24) is 30.0 Å². The molecule has 0 aromatic carbocycles. The number of rotatable bonds is 5. The van der Waals surface area contributed by atoms with E-state index < -0.39 is 0 Å². The Morgan fingerprint density at radius 1 is 1.22 bits per heavy atom. The molecule has 3 rings (SSSR count). The molecule has 148 valence electrons. The lowest BCUT2D eigenvalue weighted by atomic mass is 9.99. The zero-order valence-corrected chi connectivity index (χ0v) is 16.9. The van der Waals surface area contributed by atoms with Crippen LogP contribution >= 0.6 is 0 Å². The zero-order valence-electron chi connectivity index (χ0n) is 16.9. The van der Waals surface area contributed by atoms with E-state index in [9.17, 15) is 4.79 Å². The SMILES string of the molecule is CC(C)CC(c1nnnn1C(C)(C)C)N1CCN(C(=O)c2ccco2)CC1. The molecule has 0 radical (unpaired) electrons. The number of nitrogens with zero attached hydrogens (tertiary/aromatic N) is 6. The normalized spacial score (nSPS) is 17.5. The van der Waals surface area contributed by atoms with Gasteiger partial charge in [0.1, 0.15) is 0 Å². The summed E-state index contributed by atoms with van der Waals surface area (Å²) in [7, 11) is 0. The van der Waals surface area contributed by atoms with Crippen molar-refractivity contribution in [2.24, 2.45) is 5.92 Å². The Labute approximate surface area is 160 Å². The van der Waals surface area contributed by atoms with Crippen LogP contribution < -0.4 is 0 Å². The first-order valence-electron chi connectivity index (χ1n) is 9.63. The Morgan fingerprint density at radius 2 is 1.93 bits per heavy atom.